The third kappa shape index (κ3) is 2.54. The summed E-state index contributed by atoms with van der Waals surface area (Å²) in [7, 11) is -2.26. The molecule has 1 amide bonds. The highest BCUT2D eigenvalue weighted by Gasteiger charge is 2.32. The first-order valence-corrected chi connectivity index (χ1v) is 7.06. The van der Waals surface area contributed by atoms with Crippen molar-refractivity contribution in [1.29, 1.82) is 0 Å². The highest BCUT2D eigenvalue weighted by molar-refractivity contribution is 7.86. The lowest BCUT2D eigenvalue weighted by atomic mass is 10.2. The Morgan fingerprint density at radius 2 is 1.89 bits per heavy atom. The quantitative estimate of drug-likeness (QED) is 0.775. The Kier molecular flexibility index (Phi) is 3.41. The van der Waals surface area contributed by atoms with E-state index in [1.807, 2.05) is 6.92 Å². The molecule has 0 radical (unpaired) electrons. The molecule has 0 spiro atoms. The second kappa shape index (κ2) is 4.70. The Balaban J connectivity index is 2.17. The van der Waals surface area contributed by atoms with E-state index in [2.05, 4.69) is 0 Å². The molecule has 18 heavy (non-hydrogen) atoms. The largest absolute Gasteiger partial charge is 0.319 e. The highest BCUT2D eigenvalue weighted by Crippen LogP contribution is 2.23. The molecule has 1 aromatic carbocycles. The molecule has 0 saturated carbocycles. The Hall–Kier alpha value is -1.40. The van der Waals surface area contributed by atoms with Crippen LogP contribution in [0, 0.1) is 6.92 Å². The summed E-state index contributed by atoms with van der Waals surface area (Å²) in [6, 6.07) is 6.42. The van der Waals surface area contributed by atoms with Gasteiger partial charge in [-0.2, -0.15) is 8.42 Å². The van der Waals surface area contributed by atoms with Crippen LogP contribution in [0.3, 0.4) is 0 Å². The molecule has 1 aliphatic heterocycles. The van der Waals surface area contributed by atoms with Crippen molar-refractivity contribution < 1.29 is 17.4 Å². The van der Waals surface area contributed by atoms with Crippen LogP contribution in [0.15, 0.2) is 29.2 Å². The third-order valence-corrected chi connectivity index (χ3v) is 4.30. The molecule has 0 bridgehead atoms. The maximum absolute atomic E-state index is 12.0. The molecule has 98 valence electrons. The fourth-order valence-corrected chi connectivity index (χ4v) is 2.90. The third-order valence-electron chi connectivity index (χ3n) is 2.98. The number of carbonyl (C=O) groups excluding carboxylic acids is 1. The van der Waals surface area contributed by atoms with Gasteiger partial charge in [0.2, 0.25) is 5.91 Å². The van der Waals surface area contributed by atoms with Crippen molar-refractivity contribution in [2.45, 2.75) is 30.9 Å². The maximum atomic E-state index is 12.0. The number of amides is 1. The molecule has 1 saturated heterocycles. The van der Waals surface area contributed by atoms with Gasteiger partial charge in [0.15, 0.2) is 6.23 Å². The molecule has 5 nitrogen and oxygen atoms in total. The number of benzene rings is 1. The molecule has 1 aromatic rings. The summed E-state index contributed by atoms with van der Waals surface area (Å²) in [5.74, 6) is -0.0980. The fraction of sp³-hybridized carbons (Fsp3) is 0.417. The van der Waals surface area contributed by atoms with E-state index in [0.29, 0.717) is 12.8 Å². The van der Waals surface area contributed by atoms with Gasteiger partial charge in [-0.25, -0.2) is 4.18 Å². The number of carbonyl (C=O) groups is 1. The zero-order chi connectivity index (χ0) is 13.3. The van der Waals surface area contributed by atoms with Gasteiger partial charge in [-0.05, 0) is 19.1 Å². The zero-order valence-corrected chi connectivity index (χ0v) is 11.1. The standard InChI is InChI=1S/C12H15NO4S/c1-9-3-5-10(6-4-9)18(15,16)17-12-8-7-11(14)13(12)2/h3-6,12H,7-8H2,1-2H3/t12-/m0/s1. The Morgan fingerprint density at radius 1 is 1.28 bits per heavy atom. The highest BCUT2D eigenvalue weighted by atomic mass is 32.2. The molecule has 0 aromatic heterocycles. The first-order chi connectivity index (χ1) is 8.40. The zero-order valence-electron chi connectivity index (χ0n) is 10.3. The second-order valence-corrected chi connectivity index (χ2v) is 5.93. The average Bonchev–Trinajstić information content (AvgIpc) is 2.61. The Labute approximate surface area is 106 Å². The van der Waals surface area contributed by atoms with E-state index < -0.39 is 16.3 Å². The van der Waals surface area contributed by atoms with Crippen molar-refractivity contribution in [3.63, 3.8) is 0 Å². The van der Waals surface area contributed by atoms with Crippen LogP contribution in [0.25, 0.3) is 0 Å². The van der Waals surface area contributed by atoms with Gasteiger partial charge in [0.05, 0.1) is 4.90 Å². The molecule has 0 unspecified atom stereocenters. The van der Waals surface area contributed by atoms with E-state index in [0.717, 1.165) is 5.56 Å². The van der Waals surface area contributed by atoms with Crippen molar-refractivity contribution in [2.24, 2.45) is 0 Å². The van der Waals surface area contributed by atoms with Crippen LogP contribution in [0.4, 0.5) is 0 Å². The monoisotopic (exact) mass is 269 g/mol. The predicted molar refractivity (Wildman–Crippen MR) is 65.2 cm³/mol. The summed E-state index contributed by atoms with van der Waals surface area (Å²) in [6.45, 7) is 1.88. The molecule has 0 aliphatic carbocycles. The minimum Gasteiger partial charge on any atom is -0.319 e. The Bertz CT molecular complexity index is 550. The molecule has 1 heterocycles. The topological polar surface area (TPSA) is 63.7 Å². The molecule has 2 rings (SSSR count). The summed E-state index contributed by atoms with van der Waals surface area (Å²) >= 11 is 0. The molecule has 6 heteroatoms. The molecule has 1 atom stereocenters. The van der Waals surface area contributed by atoms with Crippen molar-refractivity contribution >= 4 is 16.0 Å². The van der Waals surface area contributed by atoms with Crippen LogP contribution in [0.5, 0.6) is 0 Å². The van der Waals surface area contributed by atoms with Crippen LogP contribution in [-0.2, 0) is 19.1 Å². The molecule has 0 N–H and O–H groups in total. The minimum absolute atomic E-state index is 0.0980. The number of likely N-dealkylation sites (tertiary alicyclic amines) is 1. The number of hydrogen-bond donors (Lipinski definition) is 0. The Morgan fingerprint density at radius 3 is 2.39 bits per heavy atom. The van der Waals surface area contributed by atoms with E-state index >= 15 is 0 Å². The SMILES string of the molecule is Cc1ccc(S(=O)(=O)O[C@H]2CCC(=O)N2C)cc1. The van der Waals surface area contributed by atoms with Crippen molar-refractivity contribution in [3.05, 3.63) is 29.8 Å². The lowest BCUT2D eigenvalue weighted by Crippen LogP contribution is -2.32. The van der Waals surface area contributed by atoms with Crippen molar-refractivity contribution in [3.8, 4) is 0 Å². The minimum atomic E-state index is -3.81. The first-order valence-electron chi connectivity index (χ1n) is 5.66. The van der Waals surface area contributed by atoms with Crippen molar-refractivity contribution in [1.82, 2.24) is 4.90 Å². The molecule has 1 aliphatic rings. The normalized spacial score (nSPS) is 20.4. The van der Waals surface area contributed by atoms with E-state index in [1.54, 1.807) is 19.2 Å². The number of nitrogens with zero attached hydrogens (tertiary/aromatic N) is 1. The number of hydrogen-bond acceptors (Lipinski definition) is 4. The summed E-state index contributed by atoms with van der Waals surface area (Å²) < 4.78 is 29.1. The second-order valence-electron chi connectivity index (χ2n) is 4.36. The van der Waals surface area contributed by atoms with Gasteiger partial charge >= 0.3 is 0 Å². The van der Waals surface area contributed by atoms with Crippen LogP contribution < -0.4 is 0 Å². The van der Waals surface area contributed by atoms with E-state index in [4.69, 9.17) is 4.18 Å². The van der Waals surface area contributed by atoms with Gasteiger partial charge < -0.3 is 4.90 Å². The van der Waals surface area contributed by atoms with Crippen molar-refractivity contribution in [2.75, 3.05) is 7.05 Å². The summed E-state index contributed by atoms with van der Waals surface area (Å²) in [5, 5.41) is 0. The summed E-state index contributed by atoms with van der Waals surface area (Å²) in [4.78, 5) is 12.7. The van der Waals surface area contributed by atoms with Gasteiger partial charge in [0.1, 0.15) is 0 Å². The maximum Gasteiger partial charge on any atom is 0.298 e. The lowest BCUT2D eigenvalue weighted by Gasteiger charge is -2.19. The predicted octanol–water partition coefficient (Wildman–Crippen LogP) is 1.28. The molecular formula is C12H15NO4S. The van der Waals surface area contributed by atoms with E-state index in [9.17, 15) is 13.2 Å². The van der Waals surface area contributed by atoms with E-state index in [-0.39, 0.29) is 10.8 Å². The van der Waals surface area contributed by atoms with Gasteiger partial charge in [-0.15, -0.1) is 0 Å². The number of rotatable bonds is 3. The summed E-state index contributed by atoms with van der Waals surface area (Å²) in [5.41, 5.74) is 0.974. The van der Waals surface area contributed by atoms with Gasteiger partial charge in [0.25, 0.3) is 10.1 Å². The first kappa shape index (κ1) is 13.0. The van der Waals surface area contributed by atoms with Crippen LogP contribution in [-0.4, -0.2) is 32.5 Å². The van der Waals surface area contributed by atoms with Crippen LogP contribution in [0.2, 0.25) is 0 Å². The van der Waals surface area contributed by atoms with Crippen LogP contribution >= 0.6 is 0 Å². The van der Waals surface area contributed by atoms with E-state index in [1.165, 1.54) is 17.0 Å². The average molecular weight is 269 g/mol. The van der Waals surface area contributed by atoms with Gasteiger partial charge in [0, 0.05) is 19.9 Å². The molecular weight excluding hydrogens is 254 g/mol. The van der Waals surface area contributed by atoms with Gasteiger partial charge in [-0.1, -0.05) is 17.7 Å². The summed E-state index contributed by atoms with van der Waals surface area (Å²) in [6.07, 6.45) is 0.0363. The lowest BCUT2D eigenvalue weighted by molar-refractivity contribution is -0.130. The van der Waals surface area contributed by atoms with Gasteiger partial charge in [-0.3, -0.25) is 4.79 Å². The fourth-order valence-electron chi connectivity index (χ4n) is 1.80. The smallest absolute Gasteiger partial charge is 0.298 e. The number of aryl methyl sites for hydroxylation is 1. The molecule has 1 fully saturated rings. The van der Waals surface area contributed by atoms with Crippen LogP contribution in [0.1, 0.15) is 18.4 Å².